The normalized spacial score (nSPS) is 11.6. The first kappa shape index (κ1) is 20.8. The number of anilines is 2. The van der Waals surface area contributed by atoms with E-state index >= 15 is 0 Å². The van der Waals surface area contributed by atoms with Gasteiger partial charge in [0.2, 0.25) is 5.91 Å². The number of hydrogen-bond acceptors (Lipinski definition) is 5. The quantitative estimate of drug-likeness (QED) is 0.496. The highest BCUT2D eigenvalue weighted by Crippen LogP contribution is 2.29. The Balaban J connectivity index is 1.55. The molecule has 2 aromatic carbocycles. The minimum absolute atomic E-state index is 0.147. The third kappa shape index (κ3) is 5.56. The van der Waals surface area contributed by atoms with Gasteiger partial charge in [0.15, 0.2) is 5.76 Å². The van der Waals surface area contributed by atoms with Gasteiger partial charge in [-0.15, -0.1) is 11.8 Å². The summed E-state index contributed by atoms with van der Waals surface area (Å²) >= 11 is 7.50. The van der Waals surface area contributed by atoms with Gasteiger partial charge in [-0.05, 0) is 61.5 Å². The van der Waals surface area contributed by atoms with E-state index in [1.54, 1.807) is 42.5 Å². The smallest absolute Gasteiger partial charge is 0.291 e. The molecule has 3 rings (SSSR count). The Morgan fingerprint density at radius 2 is 1.79 bits per heavy atom. The summed E-state index contributed by atoms with van der Waals surface area (Å²) in [6, 6.07) is 15.6. The minimum Gasteiger partial charge on any atom is -0.495 e. The van der Waals surface area contributed by atoms with E-state index in [1.807, 2.05) is 19.1 Å². The molecule has 6 nitrogen and oxygen atoms in total. The van der Waals surface area contributed by atoms with Gasteiger partial charge in [0.05, 0.1) is 23.6 Å². The second kappa shape index (κ2) is 9.54. The van der Waals surface area contributed by atoms with Gasteiger partial charge in [0, 0.05) is 16.3 Å². The van der Waals surface area contributed by atoms with Gasteiger partial charge < -0.3 is 19.8 Å². The van der Waals surface area contributed by atoms with E-state index in [4.69, 9.17) is 20.8 Å². The first-order chi connectivity index (χ1) is 14.0. The lowest BCUT2D eigenvalue weighted by Crippen LogP contribution is -2.22. The number of carbonyl (C=O) groups is 2. The van der Waals surface area contributed by atoms with Crippen molar-refractivity contribution in [2.24, 2.45) is 0 Å². The fourth-order valence-corrected chi connectivity index (χ4v) is 3.59. The molecule has 3 aromatic rings. The van der Waals surface area contributed by atoms with Crippen molar-refractivity contribution in [1.29, 1.82) is 0 Å². The van der Waals surface area contributed by atoms with Crippen LogP contribution in [0.2, 0.25) is 5.02 Å². The third-order valence-electron chi connectivity index (χ3n) is 3.96. The maximum atomic E-state index is 12.5. The van der Waals surface area contributed by atoms with Gasteiger partial charge in [0.1, 0.15) is 5.75 Å². The molecule has 2 N–H and O–H groups in total. The summed E-state index contributed by atoms with van der Waals surface area (Å²) in [5, 5.41) is 5.69. The summed E-state index contributed by atoms with van der Waals surface area (Å²) < 4.78 is 10.2. The van der Waals surface area contributed by atoms with Crippen molar-refractivity contribution in [2.45, 2.75) is 17.1 Å². The number of hydrogen-bond donors (Lipinski definition) is 2. The summed E-state index contributed by atoms with van der Waals surface area (Å²) in [7, 11) is 1.53. The summed E-state index contributed by atoms with van der Waals surface area (Å²) in [6.07, 6.45) is 1.45. The average Bonchev–Trinajstić information content (AvgIpc) is 3.24. The van der Waals surface area contributed by atoms with Crippen molar-refractivity contribution in [3.05, 3.63) is 71.6 Å². The molecule has 0 spiro atoms. The third-order valence-corrected chi connectivity index (χ3v) is 5.37. The predicted molar refractivity (Wildman–Crippen MR) is 115 cm³/mol. The summed E-state index contributed by atoms with van der Waals surface area (Å²) in [5.74, 6) is 0.325. The topological polar surface area (TPSA) is 80.6 Å². The van der Waals surface area contributed by atoms with E-state index in [-0.39, 0.29) is 22.8 Å². The molecule has 0 radical (unpaired) electrons. The van der Waals surface area contributed by atoms with Crippen LogP contribution in [0.25, 0.3) is 0 Å². The molecule has 0 saturated carbocycles. The maximum Gasteiger partial charge on any atom is 0.291 e. The Bertz CT molecular complexity index is 990. The van der Waals surface area contributed by atoms with Gasteiger partial charge in [-0.3, -0.25) is 9.59 Å². The monoisotopic (exact) mass is 430 g/mol. The number of halogens is 1. The summed E-state index contributed by atoms with van der Waals surface area (Å²) in [4.78, 5) is 25.3. The highest BCUT2D eigenvalue weighted by molar-refractivity contribution is 8.00. The van der Waals surface area contributed by atoms with Crippen molar-refractivity contribution in [1.82, 2.24) is 0 Å². The lowest BCUT2D eigenvalue weighted by Gasteiger charge is -2.13. The van der Waals surface area contributed by atoms with Crippen LogP contribution in [0.15, 0.2) is 70.2 Å². The largest absolute Gasteiger partial charge is 0.495 e. The Labute approximate surface area is 177 Å². The molecule has 1 aromatic heterocycles. The minimum atomic E-state index is -0.334. The number of benzene rings is 2. The molecule has 0 aliphatic rings. The fraction of sp³-hybridized carbons (Fsp3) is 0.143. The van der Waals surface area contributed by atoms with Crippen molar-refractivity contribution in [3.8, 4) is 5.75 Å². The van der Waals surface area contributed by atoms with E-state index in [1.165, 1.54) is 25.1 Å². The van der Waals surface area contributed by atoms with Crippen molar-refractivity contribution >= 4 is 46.6 Å². The standard InChI is InChI=1S/C21H19ClN2O4S/c1-13(20(25)24-15-7-10-18(27-2)17(22)12-15)29-16-8-5-14(6-9-16)23-21(26)19-4-3-11-28-19/h3-13H,1-2H3,(H,23,26)(H,24,25). The molecular weight excluding hydrogens is 412 g/mol. The number of methoxy groups -OCH3 is 1. The molecule has 1 atom stereocenters. The van der Waals surface area contributed by atoms with Crippen LogP contribution in [0.4, 0.5) is 11.4 Å². The van der Waals surface area contributed by atoms with Gasteiger partial charge >= 0.3 is 0 Å². The molecule has 1 unspecified atom stereocenters. The number of carbonyl (C=O) groups excluding carboxylic acids is 2. The SMILES string of the molecule is COc1ccc(NC(=O)C(C)Sc2ccc(NC(=O)c3ccco3)cc2)cc1Cl. The van der Waals surface area contributed by atoms with Gasteiger partial charge in [-0.1, -0.05) is 11.6 Å². The zero-order valence-electron chi connectivity index (χ0n) is 15.8. The van der Waals surface area contributed by atoms with Crippen LogP contribution >= 0.6 is 23.4 Å². The lowest BCUT2D eigenvalue weighted by molar-refractivity contribution is -0.115. The first-order valence-corrected chi connectivity index (χ1v) is 9.98. The summed E-state index contributed by atoms with van der Waals surface area (Å²) in [6.45, 7) is 1.82. The molecule has 29 heavy (non-hydrogen) atoms. The van der Waals surface area contributed by atoms with Crippen LogP contribution in [-0.4, -0.2) is 24.2 Å². The van der Waals surface area contributed by atoms with Gasteiger partial charge in [0.25, 0.3) is 5.91 Å². The molecule has 0 aliphatic heterocycles. The van der Waals surface area contributed by atoms with Crippen LogP contribution in [0.5, 0.6) is 5.75 Å². The van der Waals surface area contributed by atoms with E-state index in [0.717, 1.165) is 4.90 Å². The van der Waals surface area contributed by atoms with Gasteiger partial charge in [-0.25, -0.2) is 0 Å². The van der Waals surface area contributed by atoms with E-state index < -0.39 is 0 Å². The molecule has 0 saturated heterocycles. The van der Waals surface area contributed by atoms with Crippen LogP contribution in [-0.2, 0) is 4.79 Å². The van der Waals surface area contributed by atoms with Crippen molar-refractivity contribution in [2.75, 3.05) is 17.7 Å². The molecule has 2 amide bonds. The molecular formula is C21H19ClN2O4S. The molecule has 0 aliphatic carbocycles. The van der Waals surface area contributed by atoms with Crippen molar-refractivity contribution in [3.63, 3.8) is 0 Å². The van der Waals surface area contributed by atoms with E-state index in [0.29, 0.717) is 22.1 Å². The van der Waals surface area contributed by atoms with Crippen LogP contribution in [0.1, 0.15) is 17.5 Å². The zero-order chi connectivity index (χ0) is 20.8. The van der Waals surface area contributed by atoms with Crippen LogP contribution in [0.3, 0.4) is 0 Å². The Morgan fingerprint density at radius 1 is 1.07 bits per heavy atom. The molecule has 150 valence electrons. The lowest BCUT2D eigenvalue weighted by atomic mass is 10.3. The molecule has 1 heterocycles. The number of furan rings is 1. The highest BCUT2D eigenvalue weighted by atomic mass is 35.5. The van der Waals surface area contributed by atoms with Crippen LogP contribution < -0.4 is 15.4 Å². The highest BCUT2D eigenvalue weighted by Gasteiger charge is 2.16. The van der Waals surface area contributed by atoms with E-state index in [2.05, 4.69) is 10.6 Å². The first-order valence-electron chi connectivity index (χ1n) is 8.72. The number of rotatable bonds is 7. The predicted octanol–water partition coefficient (Wildman–Crippen LogP) is 5.31. The Hall–Kier alpha value is -2.90. The average molecular weight is 431 g/mol. The molecule has 8 heteroatoms. The number of ether oxygens (including phenoxy) is 1. The number of thioether (sulfide) groups is 1. The fourth-order valence-electron chi connectivity index (χ4n) is 2.46. The molecule has 0 fully saturated rings. The second-order valence-electron chi connectivity index (χ2n) is 6.05. The zero-order valence-corrected chi connectivity index (χ0v) is 17.3. The van der Waals surface area contributed by atoms with E-state index in [9.17, 15) is 9.59 Å². The number of amides is 2. The summed E-state index contributed by atoms with van der Waals surface area (Å²) in [5.41, 5.74) is 1.24. The van der Waals surface area contributed by atoms with Gasteiger partial charge in [-0.2, -0.15) is 0 Å². The molecule has 0 bridgehead atoms. The van der Waals surface area contributed by atoms with Crippen LogP contribution in [0, 0.1) is 0 Å². The second-order valence-corrected chi connectivity index (χ2v) is 7.88. The Morgan fingerprint density at radius 3 is 2.41 bits per heavy atom. The maximum absolute atomic E-state index is 12.5. The van der Waals surface area contributed by atoms with Crippen molar-refractivity contribution < 1.29 is 18.7 Å². The number of nitrogens with one attached hydrogen (secondary N) is 2. The Kier molecular flexibility index (Phi) is 6.85.